The zero-order chi connectivity index (χ0) is 21.4. The molecule has 5 rings (SSSR count). The number of carbonyl (C=O) groups excluding carboxylic acids is 2. The number of halogens is 1. The smallest absolute Gasteiger partial charge is 0.256 e. The molecule has 0 bridgehead atoms. The van der Waals surface area contributed by atoms with Crippen molar-refractivity contribution < 1.29 is 9.59 Å². The topological polar surface area (TPSA) is 53.5 Å². The van der Waals surface area contributed by atoms with Crippen LogP contribution in [0.2, 0.25) is 5.02 Å². The summed E-state index contributed by atoms with van der Waals surface area (Å²) in [6.07, 6.45) is 3.62. The molecule has 2 aliphatic heterocycles. The van der Waals surface area contributed by atoms with Crippen molar-refractivity contribution in [2.24, 2.45) is 0 Å². The molecule has 3 aromatic rings. The van der Waals surface area contributed by atoms with E-state index in [0.29, 0.717) is 36.5 Å². The maximum absolute atomic E-state index is 13.5. The van der Waals surface area contributed by atoms with Gasteiger partial charge in [-0.2, -0.15) is 0 Å². The minimum atomic E-state index is -0.916. The highest BCUT2D eigenvalue weighted by Gasteiger charge is 2.59. The van der Waals surface area contributed by atoms with E-state index in [1.807, 2.05) is 76.5 Å². The van der Waals surface area contributed by atoms with Crippen molar-refractivity contribution in [3.8, 4) is 0 Å². The second-order valence-electron chi connectivity index (χ2n) is 7.90. The Morgan fingerprint density at radius 1 is 1.00 bits per heavy atom. The number of aryl methyl sites for hydroxylation is 1. The van der Waals surface area contributed by atoms with Crippen molar-refractivity contribution in [2.45, 2.75) is 24.9 Å². The maximum Gasteiger partial charge on any atom is 0.256 e. The molecule has 3 heterocycles. The number of nitrogens with zero attached hydrogens (tertiary/aromatic N) is 3. The predicted octanol–water partition coefficient (Wildman–Crippen LogP) is 4.26. The van der Waals surface area contributed by atoms with Gasteiger partial charge in [-0.15, -0.1) is 0 Å². The third-order valence-electron chi connectivity index (χ3n) is 6.20. The fourth-order valence-electron chi connectivity index (χ4n) is 4.88. The van der Waals surface area contributed by atoms with E-state index in [1.54, 1.807) is 6.20 Å². The predicted molar refractivity (Wildman–Crippen MR) is 119 cm³/mol. The highest BCUT2D eigenvalue weighted by molar-refractivity contribution is 6.30. The standard InChI is InChI=1S/C25H22ClN3O2/c26-19-13-11-18(12-14-19)25-22-9-2-1-8-21(22)24(31)29(25)17-16-28(25)23(30)10-5-7-20-6-3-4-15-27-20/h1-4,6,8-9,11-15H,5,7,10,16-17H2. The average Bonchev–Trinajstić information content (AvgIpc) is 3.31. The Morgan fingerprint density at radius 2 is 1.77 bits per heavy atom. The molecular weight excluding hydrogens is 410 g/mol. The van der Waals surface area contributed by atoms with E-state index in [-0.39, 0.29) is 11.8 Å². The SMILES string of the molecule is O=C(CCCc1ccccn1)N1CCN2C(=O)c3ccccc3C12c1ccc(Cl)cc1. The van der Waals surface area contributed by atoms with Crippen LogP contribution >= 0.6 is 11.6 Å². The summed E-state index contributed by atoms with van der Waals surface area (Å²) in [4.78, 5) is 34.8. The van der Waals surface area contributed by atoms with Crippen LogP contribution in [0, 0.1) is 0 Å². The third-order valence-corrected chi connectivity index (χ3v) is 6.46. The summed E-state index contributed by atoms with van der Waals surface area (Å²) < 4.78 is 0. The normalized spacial score (nSPS) is 19.5. The van der Waals surface area contributed by atoms with Crippen molar-refractivity contribution >= 4 is 23.4 Å². The van der Waals surface area contributed by atoms with Gasteiger partial charge < -0.3 is 9.80 Å². The van der Waals surface area contributed by atoms with E-state index in [2.05, 4.69) is 4.98 Å². The van der Waals surface area contributed by atoms with E-state index < -0.39 is 5.66 Å². The van der Waals surface area contributed by atoms with Crippen molar-refractivity contribution in [1.82, 2.24) is 14.8 Å². The molecule has 0 radical (unpaired) electrons. The van der Waals surface area contributed by atoms with Gasteiger partial charge in [0.25, 0.3) is 5.91 Å². The number of pyridine rings is 1. The van der Waals surface area contributed by atoms with Gasteiger partial charge in [-0.3, -0.25) is 14.6 Å². The van der Waals surface area contributed by atoms with Gasteiger partial charge in [-0.1, -0.05) is 48.0 Å². The van der Waals surface area contributed by atoms with E-state index in [4.69, 9.17) is 11.6 Å². The van der Waals surface area contributed by atoms with E-state index in [9.17, 15) is 9.59 Å². The molecule has 1 aromatic heterocycles. The minimum absolute atomic E-state index is 0.0330. The Bertz CT molecular complexity index is 1130. The number of benzene rings is 2. The minimum Gasteiger partial charge on any atom is -0.310 e. The lowest BCUT2D eigenvalue weighted by Gasteiger charge is -2.40. The van der Waals surface area contributed by atoms with Crippen molar-refractivity contribution in [3.63, 3.8) is 0 Å². The molecule has 2 aromatic carbocycles. The first kappa shape index (κ1) is 19.8. The molecule has 0 aliphatic carbocycles. The van der Waals surface area contributed by atoms with Crippen molar-refractivity contribution in [2.75, 3.05) is 13.1 Å². The van der Waals surface area contributed by atoms with E-state index >= 15 is 0 Å². The molecule has 6 heteroatoms. The summed E-state index contributed by atoms with van der Waals surface area (Å²) in [5, 5.41) is 0.621. The summed E-state index contributed by atoms with van der Waals surface area (Å²) in [5.41, 5.74) is 2.46. The second-order valence-corrected chi connectivity index (χ2v) is 8.34. The molecule has 31 heavy (non-hydrogen) atoms. The van der Waals surface area contributed by atoms with Crippen LogP contribution < -0.4 is 0 Å². The Balaban J connectivity index is 1.51. The highest BCUT2D eigenvalue weighted by Crippen LogP contribution is 2.49. The second kappa shape index (κ2) is 7.82. The molecule has 1 saturated heterocycles. The Hall–Kier alpha value is -3.18. The quantitative estimate of drug-likeness (QED) is 0.606. The molecule has 0 spiro atoms. The lowest BCUT2D eigenvalue weighted by atomic mass is 9.89. The zero-order valence-electron chi connectivity index (χ0n) is 17.0. The largest absolute Gasteiger partial charge is 0.310 e. The van der Waals surface area contributed by atoms with Gasteiger partial charge in [0.2, 0.25) is 5.91 Å². The monoisotopic (exact) mass is 431 g/mol. The van der Waals surface area contributed by atoms with Crippen molar-refractivity contribution in [3.05, 3.63) is 100 Å². The first-order chi connectivity index (χ1) is 15.1. The lowest BCUT2D eigenvalue weighted by molar-refractivity contribution is -0.136. The Labute approximate surface area is 186 Å². The fourth-order valence-corrected chi connectivity index (χ4v) is 5.01. The summed E-state index contributed by atoms with van der Waals surface area (Å²) in [6, 6.07) is 20.9. The summed E-state index contributed by atoms with van der Waals surface area (Å²) in [5.74, 6) is 0.00668. The van der Waals surface area contributed by atoms with Crippen LogP contribution in [-0.4, -0.2) is 39.7 Å². The van der Waals surface area contributed by atoms with E-state index in [1.165, 1.54) is 0 Å². The molecule has 0 saturated carbocycles. The van der Waals surface area contributed by atoms with Gasteiger partial charge in [-0.05, 0) is 43.2 Å². The first-order valence-electron chi connectivity index (χ1n) is 10.5. The Morgan fingerprint density at radius 3 is 2.55 bits per heavy atom. The number of hydrogen-bond donors (Lipinski definition) is 0. The number of aromatic nitrogens is 1. The number of rotatable bonds is 5. The maximum atomic E-state index is 13.5. The zero-order valence-corrected chi connectivity index (χ0v) is 17.8. The fraction of sp³-hybridized carbons (Fsp3) is 0.240. The number of hydrogen-bond acceptors (Lipinski definition) is 3. The van der Waals surface area contributed by atoms with Gasteiger partial charge >= 0.3 is 0 Å². The number of amides is 2. The average molecular weight is 432 g/mol. The summed E-state index contributed by atoms with van der Waals surface area (Å²) in [6.45, 7) is 1.01. The molecular formula is C25H22ClN3O2. The summed E-state index contributed by atoms with van der Waals surface area (Å²) >= 11 is 6.15. The molecule has 2 amide bonds. The van der Waals surface area contributed by atoms with Gasteiger partial charge in [0.15, 0.2) is 5.66 Å². The van der Waals surface area contributed by atoms with Crippen LogP contribution in [0.3, 0.4) is 0 Å². The molecule has 2 aliphatic rings. The molecule has 156 valence electrons. The first-order valence-corrected chi connectivity index (χ1v) is 10.9. The Kier molecular flexibility index (Phi) is 4.98. The van der Waals surface area contributed by atoms with Gasteiger partial charge in [0.05, 0.1) is 0 Å². The van der Waals surface area contributed by atoms with Crippen LogP contribution in [0.25, 0.3) is 0 Å². The number of fused-ring (bicyclic) bond motifs is 3. The molecule has 1 atom stereocenters. The molecule has 1 fully saturated rings. The van der Waals surface area contributed by atoms with Gasteiger partial charge in [-0.25, -0.2) is 0 Å². The van der Waals surface area contributed by atoms with Crippen LogP contribution in [0.4, 0.5) is 0 Å². The lowest BCUT2D eigenvalue weighted by Crippen LogP contribution is -2.51. The van der Waals surface area contributed by atoms with E-state index in [0.717, 1.165) is 23.2 Å². The molecule has 5 nitrogen and oxygen atoms in total. The molecule has 0 N–H and O–H groups in total. The summed E-state index contributed by atoms with van der Waals surface area (Å²) in [7, 11) is 0. The molecule has 1 unspecified atom stereocenters. The third kappa shape index (κ3) is 3.12. The number of carbonyl (C=O) groups is 2. The van der Waals surface area contributed by atoms with Crippen LogP contribution in [-0.2, 0) is 16.9 Å². The van der Waals surface area contributed by atoms with Crippen LogP contribution in [0.1, 0.15) is 40.0 Å². The van der Waals surface area contributed by atoms with Gasteiger partial charge in [0.1, 0.15) is 0 Å². The highest BCUT2D eigenvalue weighted by atomic mass is 35.5. The van der Waals surface area contributed by atoms with Gasteiger partial charge in [0, 0.05) is 53.1 Å². The van der Waals surface area contributed by atoms with Crippen LogP contribution in [0.5, 0.6) is 0 Å². The van der Waals surface area contributed by atoms with Crippen molar-refractivity contribution in [1.29, 1.82) is 0 Å². The van der Waals surface area contributed by atoms with Crippen LogP contribution in [0.15, 0.2) is 72.9 Å².